The smallest absolute Gasteiger partial charge is 0.325 e. The third kappa shape index (κ3) is 4.16. The number of nitrogens with one attached hydrogen (secondary N) is 2. The Bertz CT molecular complexity index is 667. The van der Waals surface area contributed by atoms with Crippen LogP contribution in [-0.2, 0) is 0 Å². The van der Waals surface area contributed by atoms with Crippen molar-refractivity contribution < 1.29 is 9.18 Å². The van der Waals surface area contributed by atoms with Gasteiger partial charge in [-0.1, -0.05) is 18.3 Å². The van der Waals surface area contributed by atoms with Crippen molar-refractivity contribution in [2.75, 3.05) is 28.6 Å². The molecular weight excluding hydrogens is 317 g/mol. The molecule has 1 aromatic carbocycles. The highest BCUT2D eigenvalue weighted by Gasteiger charge is 2.19. The van der Waals surface area contributed by atoms with Crippen LogP contribution in [-0.4, -0.2) is 29.3 Å². The number of benzene rings is 1. The molecule has 0 spiro atoms. The van der Waals surface area contributed by atoms with Crippen molar-refractivity contribution in [2.45, 2.75) is 19.8 Å². The molecular formula is C15H18FN5OS. The number of aromatic nitrogens is 2. The number of halogens is 1. The molecule has 23 heavy (non-hydrogen) atoms. The van der Waals surface area contributed by atoms with E-state index in [0.717, 1.165) is 37.0 Å². The largest absolute Gasteiger partial charge is 0.347 e. The van der Waals surface area contributed by atoms with Crippen molar-refractivity contribution >= 4 is 33.3 Å². The number of carbonyl (C=O) groups excluding carboxylic acids is 1. The molecule has 2 N–H and O–H groups in total. The van der Waals surface area contributed by atoms with Gasteiger partial charge in [0.15, 0.2) is 0 Å². The average Bonchev–Trinajstić information content (AvgIpc) is 2.98. The predicted molar refractivity (Wildman–Crippen MR) is 89.6 cm³/mol. The number of piperidine rings is 1. The minimum atomic E-state index is -0.424. The fraction of sp³-hybridized carbons (Fsp3) is 0.400. The lowest BCUT2D eigenvalue weighted by molar-refractivity contribution is 0.262. The summed E-state index contributed by atoms with van der Waals surface area (Å²) in [6.45, 7) is 4.19. The Kier molecular flexibility index (Phi) is 4.71. The van der Waals surface area contributed by atoms with Crippen molar-refractivity contribution in [3.8, 4) is 0 Å². The first kappa shape index (κ1) is 15.7. The van der Waals surface area contributed by atoms with Crippen molar-refractivity contribution in [1.82, 2.24) is 10.2 Å². The SMILES string of the molecule is CC1CCN(c2nnc(NC(=O)Nc3ccc(F)cc3)s2)CC1. The number of hydrogen-bond acceptors (Lipinski definition) is 5. The quantitative estimate of drug-likeness (QED) is 0.900. The molecule has 1 fully saturated rings. The zero-order valence-electron chi connectivity index (χ0n) is 12.8. The Labute approximate surface area is 137 Å². The van der Waals surface area contributed by atoms with Crippen LogP contribution in [0.2, 0.25) is 0 Å². The van der Waals surface area contributed by atoms with Gasteiger partial charge in [0.2, 0.25) is 10.3 Å². The minimum Gasteiger partial charge on any atom is -0.347 e. The van der Waals surface area contributed by atoms with Crippen LogP contribution in [0.5, 0.6) is 0 Å². The molecule has 1 saturated heterocycles. The lowest BCUT2D eigenvalue weighted by atomic mass is 10.00. The highest BCUT2D eigenvalue weighted by molar-refractivity contribution is 7.19. The summed E-state index contributed by atoms with van der Waals surface area (Å²) in [7, 11) is 0. The van der Waals surface area contributed by atoms with E-state index in [1.165, 1.54) is 35.6 Å². The molecule has 0 radical (unpaired) electrons. The van der Waals surface area contributed by atoms with Crippen LogP contribution in [0.4, 0.5) is 25.1 Å². The van der Waals surface area contributed by atoms with Crippen LogP contribution in [0.3, 0.4) is 0 Å². The number of hydrogen-bond donors (Lipinski definition) is 2. The standard InChI is InChI=1S/C15H18FN5OS/c1-10-6-8-21(9-7-10)15-20-19-14(23-15)18-13(22)17-12-4-2-11(16)3-5-12/h2-5,10H,6-9H2,1H3,(H2,17,18,19,22). The highest BCUT2D eigenvalue weighted by Crippen LogP contribution is 2.28. The summed E-state index contributed by atoms with van der Waals surface area (Å²) in [5.74, 6) is 0.402. The van der Waals surface area contributed by atoms with Crippen LogP contribution < -0.4 is 15.5 Å². The molecule has 3 rings (SSSR count). The zero-order chi connectivity index (χ0) is 16.2. The van der Waals surface area contributed by atoms with Gasteiger partial charge in [-0.15, -0.1) is 10.2 Å². The van der Waals surface area contributed by atoms with E-state index in [1.807, 2.05) is 0 Å². The highest BCUT2D eigenvalue weighted by atomic mass is 32.1. The van der Waals surface area contributed by atoms with Crippen molar-refractivity contribution in [3.05, 3.63) is 30.1 Å². The van der Waals surface area contributed by atoms with E-state index in [9.17, 15) is 9.18 Å². The average molecular weight is 335 g/mol. The molecule has 0 bridgehead atoms. The van der Waals surface area contributed by atoms with Gasteiger partial charge in [-0.3, -0.25) is 5.32 Å². The Hall–Kier alpha value is -2.22. The third-order valence-electron chi connectivity index (χ3n) is 3.79. The van der Waals surface area contributed by atoms with E-state index in [1.54, 1.807) is 0 Å². The Morgan fingerprint density at radius 2 is 1.91 bits per heavy atom. The summed E-state index contributed by atoms with van der Waals surface area (Å²) >= 11 is 1.35. The van der Waals surface area contributed by atoms with Crippen LogP contribution in [0.1, 0.15) is 19.8 Å². The van der Waals surface area contributed by atoms with Gasteiger partial charge in [0.1, 0.15) is 5.82 Å². The predicted octanol–water partition coefficient (Wildman–Crippen LogP) is 3.56. The van der Waals surface area contributed by atoms with Gasteiger partial charge in [-0.2, -0.15) is 0 Å². The third-order valence-corrected chi connectivity index (χ3v) is 4.69. The molecule has 2 heterocycles. The normalized spacial score (nSPS) is 15.5. The van der Waals surface area contributed by atoms with Gasteiger partial charge < -0.3 is 10.2 Å². The van der Waals surface area contributed by atoms with Gasteiger partial charge in [0.05, 0.1) is 0 Å². The second kappa shape index (κ2) is 6.91. The zero-order valence-corrected chi connectivity index (χ0v) is 13.6. The number of carbonyl (C=O) groups is 1. The number of amides is 2. The summed E-state index contributed by atoms with van der Waals surface area (Å²) < 4.78 is 12.8. The maximum Gasteiger partial charge on any atom is 0.325 e. The molecule has 0 atom stereocenters. The van der Waals surface area contributed by atoms with Crippen molar-refractivity contribution in [3.63, 3.8) is 0 Å². The molecule has 0 aliphatic carbocycles. The molecule has 0 saturated carbocycles. The molecule has 2 amide bonds. The molecule has 1 aromatic heterocycles. The molecule has 1 aliphatic heterocycles. The molecule has 122 valence electrons. The van der Waals surface area contributed by atoms with Crippen LogP contribution >= 0.6 is 11.3 Å². The summed E-state index contributed by atoms with van der Waals surface area (Å²) in [6.07, 6.45) is 2.29. The molecule has 2 aromatic rings. The molecule has 8 heteroatoms. The number of urea groups is 1. The van der Waals surface area contributed by atoms with Gasteiger partial charge in [0.25, 0.3) is 0 Å². The van der Waals surface area contributed by atoms with Gasteiger partial charge in [-0.25, -0.2) is 9.18 Å². The maximum absolute atomic E-state index is 12.8. The molecule has 6 nitrogen and oxygen atoms in total. The van der Waals surface area contributed by atoms with Gasteiger partial charge >= 0.3 is 6.03 Å². The van der Waals surface area contributed by atoms with E-state index in [0.29, 0.717) is 10.8 Å². The van der Waals surface area contributed by atoms with E-state index >= 15 is 0 Å². The molecule has 0 unspecified atom stereocenters. The first-order valence-electron chi connectivity index (χ1n) is 7.52. The topological polar surface area (TPSA) is 70.2 Å². The van der Waals surface area contributed by atoms with E-state index < -0.39 is 6.03 Å². The van der Waals surface area contributed by atoms with E-state index in [-0.39, 0.29) is 5.82 Å². The summed E-state index contributed by atoms with van der Waals surface area (Å²) in [5.41, 5.74) is 0.513. The van der Waals surface area contributed by atoms with Gasteiger partial charge in [-0.05, 0) is 43.0 Å². The lowest BCUT2D eigenvalue weighted by Crippen LogP contribution is -2.32. The lowest BCUT2D eigenvalue weighted by Gasteiger charge is -2.29. The van der Waals surface area contributed by atoms with Crippen molar-refractivity contribution in [2.24, 2.45) is 5.92 Å². The summed E-state index contributed by atoms with van der Waals surface area (Å²) in [6, 6.07) is 5.14. The Morgan fingerprint density at radius 1 is 1.22 bits per heavy atom. The Balaban J connectivity index is 1.56. The first-order valence-corrected chi connectivity index (χ1v) is 8.34. The first-order chi connectivity index (χ1) is 11.1. The number of rotatable bonds is 3. The fourth-order valence-electron chi connectivity index (χ4n) is 2.39. The molecule has 1 aliphatic rings. The van der Waals surface area contributed by atoms with Crippen LogP contribution in [0.25, 0.3) is 0 Å². The monoisotopic (exact) mass is 335 g/mol. The maximum atomic E-state index is 12.8. The van der Waals surface area contributed by atoms with Gasteiger partial charge in [0, 0.05) is 18.8 Å². The van der Waals surface area contributed by atoms with Crippen LogP contribution in [0.15, 0.2) is 24.3 Å². The second-order valence-corrected chi connectivity index (χ2v) is 6.60. The van der Waals surface area contributed by atoms with Crippen LogP contribution in [0, 0.1) is 11.7 Å². The summed E-state index contributed by atoms with van der Waals surface area (Å²) in [5, 5.41) is 14.7. The Morgan fingerprint density at radius 3 is 2.61 bits per heavy atom. The summed E-state index contributed by atoms with van der Waals surface area (Å²) in [4.78, 5) is 14.1. The van der Waals surface area contributed by atoms with Crippen molar-refractivity contribution in [1.29, 1.82) is 0 Å². The number of nitrogens with zero attached hydrogens (tertiary/aromatic N) is 3. The second-order valence-electron chi connectivity index (χ2n) is 5.65. The minimum absolute atomic E-state index is 0.347. The van der Waals surface area contributed by atoms with E-state index in [4.69, 9.17) is 0 Å². The number of anilines is 3. The fourth-order valence-corrected chi connectivity index (χ4v) is 3.18. The van der Waals surface area contributed by atoms with E-state index in [2.05, 4.69) is 32.7 Å².